The van der Waals surface area contributed by atoms with Gasteiger partial charge in [-0.05, 0) is 40.9 Å². The van der Waals surface area contributed by atoms with Crippen LogP contribution < -0.4 is 5.32 Å². The van der Waals surface area contributed by atoms with Crippen molar-refractivity contribution in [1.82, 2.24) is 5.32 Å². The van der Waals surface area contributed by atoms with Gasteiger partial charge >= 0.3 is 0 Å². The third kappa shape index (κ3) is 4.93. The van der Waals surface area contributed by atoms with Crippen LogP contribution in [0.3, 0.4) is 0 Å². The Balaban J connectivity index is 2.88. The third-order valence-corrected chi connectivity index (χ3v) is 5.54. The van der Waals surface area contributed by atoms with E-state index in [2.05, 4.69) is 21.2 Å². The summed E-state index contributed by atoms with van der Waals surface area (Å²) < 4.78 is 24.8. The summed E-state index contributed by atoms with van der Waals surface area (Å²) in [6.45, 7) is 4.94. The fraction of sp³-hybridized carbons (Fsp3) is 0.429. The Morgan fingerprint density at radius 1 is 1.24 bits per heavy atom. The Kier molecular flexibility index (Phi) is 6.10. The lowest BCUT2D eigenvalue weighted by Gasteiger charge is -2.19. The number of carbonyl (C=O) groups excluding carboxylic acids is 2. The van der Waals surface area contributed by atoms with Gasteiger partial charge in [-0.2, -0.15) is 0 Å². The predicted octanol–water partition coefficient (Wildman–Crippen LogP) is 1.95. The van der Waals surface area contributed by atoms with Crippen LogP contribution in [-0.4, -0.2) is 31.9 Å². The van der Waals surface area contributed by atoms with Gasteiger partial charge in [0.25, 0.3) is 0 Å². The average Bonchev–Trinajstić information content (AvgIpc) is 2.34. The van der Waals surface area contributed by atoms with Gasteiger partial charge in [-0.25, -0.2) is 8.42 Å². The summed E-state index contributed by atoms with van der Waals surface area (Å²) in [4.78, 5) is 23.4. The predicted molar refractivity (Wildman–Crippen MR) is 83.6 cm³/mol. The Morgan fingerprint density at radius 2 is 1.81 bits per heavy atom. The minimum Gasteiger partial charge on any atom is -0.345 e. The maximum Gasteiger partial charge on any atom is 0.236 e. The third-order valence-electron chi connectivity index (χ3n) is 2.91. The smallest absolute Gasteiger partial charge is 0.236 e. The van der Waals surface area contributed by atoms with E-state index >= 15 is 0 Å². The summed E-state index contributed by atoms with van der Waals surface area (Å²) >= 11 is 3.15. The maximum atomic E-state index is 12.2. The summed E-state index contributed by atoms with van der Waals surface area (Å²) in [6, 6.07) is 5.62. The van der Waals surface area contributed by atoms with Crippen molar-refractivity contribution in [2.75, 3.05) is 5.75 Å². The molecule has 0 spiro atoms. The molecule has 1 aromatic carbocycles. The molecule has 116 valence electrons. The van der Waals surface area contributed by atoms with Crippen LogP contribution in [0.4, 0.5) is 0 Å². The first-order valence-electron chi connectivity index (χ1n) is 6.42. The van der Waals surface area contributed by atoms with E-state index < -0.39 is 27.5 Å². The molecule has 21 heavy (non-hydrogen) atoms. The lowest BCUT2D eigenvalue weighted by molar-refractivity contribution is -0.126. The number of sulfone groups is 1. The molecule has 1 rings (SSSR count). The Bertz CT molecular complexity index is 640. The molecule has 0 bridgehead atoms. The number of carbonyl (C=O) groups is 2. The van der Waals surface area contributed by atoms with Crippen LogP contribution in [0.5, 0.6) is 0 Å². The number of halogens is 1. The first kappa shape index (κ1) is 17.8. The molecule has 1 amide bonds. The van der Waals surface area contributed by atoms with Crippen LogP contribution in [0.2, 0.25) is 0 Å². The molecule has 1 aromatic rings. The summed E-state index contributed by atoms with van der Waals surface area (Å²) in [5.41, 5.74) is 0. The van der Waals surface area contributed by atoms with Crippen LogP contribution in [0.1, 0.15) is 20.8 Å². The zero-order chi connectivity index (χ0) is 16.2. The Hall–Kier alpha value is -1.21. The van der Waals surface area contributed by atoms with Crippen LogP contribution in [-0.2, 0) is 19.4 Å². The fourth-order valence-corrected chi connectivity index (χ4v) is 4.16. The van der Waals surface area contributed by atoms with E-state index in [0.717, 1.165) is 0 Å². The highest BCUT2D eigenvalue weighted by atomic mass is 79.9. The van der Waals surface area contributed by atoms with E-state index in [1.165, 1.54) is 13.0 Å². The van der Waals surface area contributed by atoms with Crippen molar-refractivity contribution in [3.8, 4) is 0 Å². The van der Waals surface area contributed by atoms with Crippen molar-refractivity contribution in [2.24, 2.45) is 5.92 Å². The molecule has 0 aliphatic rings. The van der Waals surface area contributed by atoms with Crippen molar-refractivity contribution in [3.63, 3.8) is 0 Å². The van der Waals surface area contributed by atoms with Gasteiger partial charge in [-0.3, -0.25) is 9.59 Å². The number of Topliss-reactive ketones (excluding diaryl/α,β-unsaturated/α-hetero) is 1. The molecule has 1 unspecified atom stereocenters. The Labute approximate surface area is 133 Å². The van der Waals surface area contributed by atoms with Crippen molar-refractivity contribution >= 4 is 37.5 Å². The molecular formula is C14H18BrNO4S. The van der Waals surface area contributed by atoms with E-state index in [1.54, 1.807) is 32.0 Å². The van der Waals surface area contributed by atoms with E-state index in [4.69, 9.17) is 0 Å². The maximum absolute atomic E-state index is 12.2. The van der Waals surface area contributed by atoms with Crippen molar-refractivity contribution in [1.29, 1.82) is 0 Å². The first-order chi connectivity index (χ1) is 9.65. The summed E-state index contributed by atoms with van der Waals surface area (Å²) in [5.74, 6) is -1.67. The van der Waals surface area contributed by atoms with Gasteiger partial charge in [0.15, 0.2) is 15.6 Å². The summed E-state index contributed by atoms with van der Waals surface area (Å²) in [5, 5.41) is 2.48. The van der Waals surface area contributed by atoms with Gasteiger partial charge in [-0.15, -0.1) is 0 Å². The number of hydrogen-bond acceptors (Lipinski definition) is 4. The standard InChI is InChI=1S/C14H18BrNO4S/c1-9(2)14(10(3)17)16-13(18)8-21(19,20)12-7-5-4-6-11(12)15/h4-7,9,14H,8H2,1-3H3,(H,16,18). The highest BCUT2D eigenvalue weighted by molar-refractivity contribution is 9.10. The second-order valence-electron chi connectivity index (χ2n) is 5.09. The topological polar surface area (TPSA) is 80.3 Å². The zero-order valence-electron chi connectivity index (χ0n) is 12.1. The quantitative estimate of drug-likeness (QED) is 0.823. The number of rotatable bonds is 6. The Morgan fingerprint density at radius 3 is 2.29 bits per heavy atom. The molecule has 0 saturated carbocycles. The number of benzene rings is 1. The second-order valence-corrected chi connectivity index (χ2v) is 7.90. The lowest BCUT2D eigenvalue weighted by atomic mass is 10.0. The molecule has 0 heterocycles. The van der Waals surface area contributed by atoms with E-state index in [9.17, 15) is 18.0 Å². The number of hydrogen-bond donors (Lipinski definition) is 1. The normalized spacial score (nSPS) is 13.0. The molecule has 1 N–H and O–H groups in total. The number of amides is 1. The van der Waals surface area contributed by atoms with Crippen LogP contribution >= 0.6 is 15.9 Å². The van der Waals surface area contributed by atoms with Crippen LogP contribution in [0, 0.1) is 5.92 Å². The molecule has 0 aliphatic heterocycles. The monoisotopic (exact) mass is 375 g/mol. The molecule has 0 aliphatic carbocycles. The molecule has 7 heteroatoms. The van der Waals surface area contributed by atoms with Crippen molar-refractivity contribution in [2.45, 2.75) is 31.7 Å². The molecular weight excluding hydrogens is 358 g/mol. The van der Waals surface area contributed by atoms with Crippen molar-refractivity contribution in [3.05, 3.63) is 28.7 Å². The molecule has 5 nitrogen and oxygen atoms in total. The summed E-state index contributed by atoms with van der Waals surface area (Å²) in [6.07, 6.45) is 0. The summed E-state index contributed by atoms with van der Waals surface area (Å²) in [7, 11) is -3.76. The van der Waals surface area contributed by atoms with E-state index in [-0.39, 0.29) is 16.6 Å². The van der Waals surface area contributed by atoms with Gasteiger partial charge < -0.3 is 5.32 Å². The van der Waals surface area contributed by atoms with E-state index in [0.29, 0.717) is 4.47 Å². The molecule has 1 atom stereocenters. The first-order valence-corrected chi connectivity index (χ1v) is 8.86. The molecule has 0 fully saturated rings. The highest BCUT2D eigenvalue weighted by Crippen LogP contribution is 2.22. The minimum atomic E-state index is -3.76. The van der Waals surface area contributed by atoms with Gasteiger partial charge in [0.2, 0.25) is 5.91 Å². The van der Waals surface area contributed by atoms with Crippen LogP contribution in [0.15, 0.2) is 33.6 Å². The largest absolute Gasteiger partial charge is 0.345 e. The highest BCUT2D eigenvalue weighted by Gasteiger charge is 2.25. The van der Waals surface area contributed by atoms with Gasteiger partial charge in [0.1, 0.15) is 5.75 Å². The average molecular weight is 376 g/mol. The zero-order valence-corrected chi connectivity index (χ0v) is 14.5. The molecule has 0 aromatic heterocycles. The van der Waals surface area contributed by atoms with Gasteiger partial charge in [0.05, 0.1) is 10.9 Å². The minimum absolute atomic E-state index is 0.0593. The van der Waals surface area contributed by atoms with Crippen molar-refractivity contribution < 1.29 is 18.0 Å². The van der Waals surface area contributed by atoms with E-state index in [1.807, 2.05) is 0 Å². The molecule has 0 radical (unpaired) electrons. The second kappa shape index (κ2) is 7.17. The number of ketones is 1. The lowest BCUT2D eigenvalue weighted by Crippen LogP contribution is -2.45. The van der Waals surface area contributed by atoms with Gasteiger partial charge in [-0.1, -0.05) is 26.0 Å². The SMILES string of the molecule is CC(=O)C(NC(=O)CS(=O)(=O)c1ccccc1Br)C(C)C. The fourth-order valence-electron chi connectivity index (χ4n) is 1.90. The number of nitrogens with one attached hydrogen (secondary N) is 1. The van der Waals surface area contributed by atoms with Gasteiger partial charge in [0, 0.05) is 4.47 Å². The molecule has 0 saturated heterocycles. The van der Waals surface area contributed by atoms with Crippen LogP contribution in [0.25, 0.3) is 0 Å².